The molecular weight excluding hydrogens is 398 g/mol. The van der Waals surface area contributed by atoms with Crippen molar-refractivity contribution < 1.29 is 9.59 Å². The fourth-order valence-corrected chi connectivity index (χ4v) is 5.16. The normalized spacial score (nSPS) is 22.6. The van der Waals surface area contributed by atoms with E-state index in [1.807, 2.05) is 20.8 Å². The Kier molecular flexibility index (Phi) is 5.99. The van der Waals surface area contributed by atoms with E-state index < -0.39 is 11.5 Å². The van der Waals surface area contributed by atoms with E-state index in [4.69, 9.17) is 4.98 Å². The first-order valence-corrected chi connectivity index (χ1v) is 11.9. The van der Waals surface area contributed by atoms with Crippen molar-refractivity contribution in [2.24, 2.45) is 11.3 Å². The number of hydrogen-bond donors (Lipinski definition) is 2. The van der Waals surface area contributed by atoms with Crippen LogP contribution in [0.3, 0.4) is 0 Å². The van der Waals surface area contributed by atoms with Crippen molar-refractivity contribution in [1.82, 2.24) is 25.1 Å². The lowest BCUT2D eigenvalue weighted by atomic mass is 9.86. The minimum atomic E-state index is -0.621. The molecule has 30 heavy (non-hydrogen) atoms. The molecule has 1 aromatic rings. The van der Waals surface area contributed by atoms with E-state index in [1.54, 1.807) is 18.8 Å². The molecule has 1 aromatic heterocycles. The van der Waals surface area contributed by atoms with Crippen molar-refractivity contribution in [2.45, 2.75) is 58.7 Å². The predicted molar refractivity (Wildman–Crippen MR) is 119 cm³/mol. The molecule has 1 fully saturated rings. The number of nitrogens with zero attached hydrogens (tertiary/aromatic N) is 3. The van der Waals surface area contributed by atoms with Gasteiger partial charge in [-0.1, -0.05) is 26.8 Å². The van der Waals surface area contributed by atoms with E-state index in [9.17, 15) is 9.59 Å². The van der Waals surface area contributed by atoms with E-state index in [-0.39, 0.29) is 17.7 Å². The molecule has 2 atom stereocenters. The molecule has 164 valence electrons. The van der Waals surface area contributed by atoms with Crippen LogP contribution in [0.5, 0.6) is 0 Å². The third-order valence-corrected chi connectivity index (χ3v) is 7.11. The van der Waals surface area contributed by atoms with Crippen LogP contribution in [-0.2, 0) is 17.9 Å². The number of allylic oxidation sites excluding steroid dienone is 1. The Bertz CT molecular complexity index is 852. The second-order valence-corrected chi connectivity index (χ2v) is 10.7. The van der Waals surface area contributed by atoms with Crippen LogP contribution in [0.4, 0.5) is 0 Å². The molecule has 2 N–H and O–H groups in total. The monoisotopic (exact) mass is 431 g/mol. The Hall–Kier alpha value is -1.80. The van der Waals surface area contributed by atoms with Crippen LogP contribution in [0.2, 0.25) is 0 Å². The van der Waals surface area contributed by atoms with Gasteiger partial charge in [-0.05, 0) is 29.6 Å². The van der Waals surface area contributed by atoms with E-state index in [0.29, 0.717) is 5.69 Å². The first kappa shape index (κ1) is 21.4. The maximum atomic E-state index is 13.4. The van der Waals surface area contributed by atoms with Gasteiger partial charge in [-0.15, -0.1) is 11.8 Å². The highest BCUT2D eigenvalue weighted by Crippen LogP contribution is 2.34. The number of nitrogens with one attached hydrogen (secondary N) is 2. The number of carbonyl (C=O) groups is 2. The highest BCUT2D eigenvalue weighted by atomic mass is 32.2. The van der Waals surface area contributed by atoms with E-state index >= 15 is 0 Å². The average molecular weight is 432 g/mol. The molecule has 7 nitrogen and oxygen atoms in total. The fraction of sp³-hybridized carbons (Fsp3) is 0.682. The van der Waals surface area contributed by atoms with Crippen LogP contribution >= 0.6 is 11.8 Å². The van der Waals surface area contributed by atoms with Gasteiger partial charge in [-0.2, -0.15) is 0 Å². The highest BCUT2D eigenvalue weighted by Gasteiger charge is 2.36. The minimum Gasteiger partial charge on any atom is -0.357 e. The number of aromatic nitrogens is 2. The average Bonchev–Trinajstić information content (AvgIpc) is 3.20. The van der Waals surface area contributed by atoms with Gasteiger partial charge in [0.2, 0.25) is 5.91 Å². The first-order chi connectivity index (χ1) is 14.3. The molecule has 3 heterocycles. The van der Waals surface area contributed by atoms with Gasteiger partial charge in [0.05, 0.1) is 5.69 Å². The Morgan fingerprint density at radius 3 is 2.67 bits per heavy atom. The largest absolute Gasteiger partial charge is 0.357 e. The van der Waals surface area contributed by atoms with Gasteiger partial charge in [0.1, 0.15) is 11.9 Å². The van der Waals surface area contributed by atoms with Crippen molar-refractivity contribution in [2.75, 3.05) is 25.9 Å². The van der Waals surface area contributed by atoms with E-state index in [1.165, 1.54) is 12.8 Å². The lowest BCUT2D eigenvalue weighted by molar-refractivity contribution is -0.124. The molecule has 0 saturated heterocycles. The quantitative estimate of drug-likeness (QED) is 0.723. The summed E-state index contributed by atoms with van der Waals surface area (Å²) in [6.45, 7) is 9.59. The summed E-state index contributed by atoms with van der Waals surface area (Å²) in [7, 11) is 1.60. The zero-order chi connectivity index (χ0) is 21.5. The number of amides is 2. The van der Waals surface area contributed by atoms with Crippen molar-refractivity contribution in [3.8, 4) is 0 Å². The molecule has 0 aromatic carbocycles. The Balaban J connectivity index is 1.63. The summed E-state index contributed by atoms with van der Waals surface area (Å²) in [6.07, 6.45) is 4.82. The van der Waals surface area contributed by atoms with Crippen LogP contribution in [0.1, 0.15) is 61.5 Å². The van der Waals surface area contributed by atoms with Crippen molar-refractivity contribution in [3.63, 3.8) is 0 Å². The van der Waals surface area contributed by atoms with Crippen LogP contribution in [-0.4, -0.2) is 58.2 Å². The van der Waals surface area contributed by atoms with E-state index in [0.717, 1.165) is 49.4 Å². The Morgan fingerprint density at radius 2 is 2.07 bits per heavy atom. The van der Waals surface area contributed by atoms with E-state index in [2.05, 4.69) is 31.6 Å². The van der Waals surface area contributed by atoms with Gasteiger partial charge in [0.15, 0.2) is 5.69 Å². The molecule has 1 aliphatic carbocycles. The third kappa shape index (κ3) is 4.44. The van der Waals surface area contributed by atoms with Crippen LogP contribution in [0, 0.1) is 11.3 Å². The molecular formula is C22H33N5O2S. The second kappa shape index (κ2) is 8.38. The summed E-state index contributed by atoms with van der Waals surface area (Å²) >= 11 is 1.79. The summed E-state index contributed by atoms with van der Waals surface area (Å²) in [5.41, 5.74) is 1.07. The summed E-state index contributed by atoms with van der Waals surface area (Å²) in [4.78, 5) is 33.1. The summed E-state index contributed by atoms with van der Waals surface area (Å²) in [5.74, 6) is 2.55. The molecule has 1 saturated carbocycles. The zero-order valence-electron chi connectivity index (χ0n) is 18.4. The van der Waals surface area contributed by atoms with Crippen LogP contribution in [0.25, 0.3) is 0 Å². The minimum absolute atomic E-state index is 0.186. The van der Waals surface area contributed by atoms with Gasteiger partial charge in [0, 0.05) is 44.9 Å². The Morgan fingerprint density at radius 1 is 1.30 bits per heavy atom. The van der Waals surface area contributed by atoms with Crippen LogP contribution < -0.4 is 10.6 Å². The predicted octanol–water partition coefficient (Wildman–Crippen LogP) is 2.34. The summed E-state index contributed by atoms with van der Waals surface area (Å²) < 4.78 is 2.26. The number of hydrogen-bond acceptors (Lipinski definition) is 5. The lowest BCUT2D eigenvalue weighted by Gasteiger charge is -2.31. The molecule has 1 unspecified atom stereocenters. The van der Waals surface area contributed by atoms with Gasteiger partial charge in [-0.25, -0.2) is 4.98 Å². The van der Waals surface area contributed by atoms with Gasteiger partial charge < -0.3 is 15.2 Å². The molecule has 4 rings (SSSR count). The number of carbonyl (C=O) groups excluding carboxylic acids is 2. The van der Waals surface area contributed by atoms with Crippen molar-refractivity contribution in [1.29, 1.82) is 0 Å². The molecule has 0 spiro atoms. The molecule has 2 aliphatic heterocycles. The third-order valence-electron chi connectivity index (χ3n) is 6.21. The number of likely N-dealkylation sites (N-methyl/N-ethyl adjacent to an activating group) is 1. The first-order valence-electron chi connectivity index (χ1n) is 10.9. The molecule has 0 bridgehead atoms. The zero-order valence-corrected chi connectivity index (χ0v) is 19.2. The highest BCUT2D eigenvalue weighted by molar-refractivity contribution is 8.02. The number of fused-ring (bicyclic) bond motifs is 1. The molecule has 8 heteroatoms. The molecule has 2 amide bonds. The topological polar surface area (TPSA) is 79.3 Å². The Labute approximate surface area is 183 Å². The number of imidazole rings is 1. The standard InChI is InChI=1S/C22H33N5O2S/c1-22(2,3)18(21(29)23-4)25-20(28)17-16-12-26(11-14-5-6-14)8-9-27(16)19(24-17)15-7-10-30-13-15/h7,10,14-15,18H,5-6,8-9,11-13H2,1-4H3,(H,23,29)(H,25,28)/t15?,18-/m1/s1. The number of thioether (sulfide) groups is 1. The fourth-order valence-electron chi connectivity index (χ4n) is 4.28. The van der Waals surface area contributed by atoms with Gasteiger partial charge in [-0.3, -0.25) is 14.5 Å². The van der Waals surface area contributed by atoms with Crippen molar-refractivity contribution in [3.05, 3.63) is 28.7 Å². The van der Waals surface area contributed by atoms with Crippen molar-refractivity contribution >= 4 is 23.6 Å². The molecule has 3 aliphatic rings. The lowest BCUT2D eigenvalue weighted by Crippen LogP contribution is -2.53. The number of rotatable bonds is 6. The summed E-state index contributed by atoms with van der Waals surface area (Å²) in [5, 5.41) is 7.77. The maximum absolute atomic E-state index is 13.4. The second-order valence-electron chi connectivity index (χ2n) is 9.75. The molecule has 0 radical (unpaired) electrons. The maximum Gasteiger partial charge on any atom is 0.272 e. The smallest absolute Gasteiger partial charge is 0.272 e. The van der Waals surface area contributed by atoms with Gasteiger partial charge in [0.25, 0.3) is 5.91 Å². The SMILES string of the molecule is CNC(=O)[C@@H](NC(=O)c1nc(C2C=CSC2)n2c1CN(CC1CC1)CC2)C(C)(C)C. The summed E-state index contributed by atoms with van der Waals surface area (Å²) in [6, 6.07) is -0.621. The van der Waals surface area contributed by atoms with Gasteiger partial charge >= 0.3 is 0 Å². The van der Waals surface area contributed by atoms with Crippen LogP contribution in [0.15, 0.2) is 11.5 Å².